The number of hydrogen-bond donors (Lipinski definition) is 1. The van der Waals surface area contributed by atoms with Crippen molar-refractivity contribution >= 4 is 32.4 Å². The van der Waals surface area contributed by atoms with Gasteiger partial charge in [0.15, 0.2) is 0 Å². The predicted octanol–water partition coefficient (Wildman–Crippen LogP) is 4.00. The molecule has 1 saturated carbocycles. The maximum atomic E-state index is 13.7. The molecule has 1 fully saturated rings. The van der Waals surface area contributed by atoms with Crippen molar-refractivity contribution < 1.29 is 56.9 Å². The SMILES string of the molecule is C=Cc1cccc(COS(=O)(=O)NS(=O)(=O)CC(OC(=O)C2CCCCC2)(C(F)(F)F)C(F)(F)F)c1. The lowest BCUT2D eigenvalue weighted by Gasteiger charge is -2.37. The van der Waals surface area contributed by atoms with E-state index in [1.165, 1.54) is 24.3 Å². The zero-order valence-corrected chi connectivity index (χ0v) is 20.2. The predicted molar refractivity (Wildman–Crippen MR) is 115 cm³/mol. The van der Waals surface area contributed by atoms with Gasteiger partial charge in [0.2, 0.25) is 10.0 Å². The van der Waals surface area contributed by atoms with Crippen LogP contribution in [0.1, 0.15) is 43.2 Å². The Bertz CT molecular complexity index is 1140. The zero-order chi connectivity index (χ0) is 27.4. The number of esters is 1. The number of benzene rings is 1. The van der Waals surface area contributed by atoms with E-state index in [1.54, 1.807) is 6.07 Å². The summed E-state index contributed by atoms with van der Waals surface area (Å²) in [4.78, 5) is 12.2. The smallest absolute Gasteiger partial charge is 0.438 e. The summed E-state index contributed by atoms with van der Waals surface area (Å²) < 4.78 is 140. The zero-order valence-electron chi connectivity index (χ0n) is 18.6. The highest BCUT2D eigenvalue weighted by Crippen LogP contribution is 2.47. The monoisotopic (exact) mass is 567 g/mol. The first-order valence-corrected chi connectivity index (χ1v) is 13.5. The number of ether oxygens (including phenoxy) is 1. The first-order chi connectivity index (χ1) is 16.4. The molecule has 1 aliphatic rings. The molecule has 204 valence electrons. The fraction of sp³-hybridized carbons (Fsp3) is 0.550. The number of alkyl halides is 6. The Morgan fingerprint density at radius 1 is 1.03 bits per heavy atom. The average molecular weight is 568 g/mol. The maximum Gasteiger partial charge on any atom is 0.438 e. The molecule has 0 aliphatic heterocycles. The van der Waals surface area contributed by atoms with Gasteiger partial charge in [0.05, 0.1) is 12.5 Å². The normalized spacial score (nSPS) is 16.5. The molecule has 0 heterocycles. The molecule has 2 rings (SSSR count). The fourth-order valence-electron chi connectivity index (χ4n) is 3.50. The van der Waals surface area contributed by atoms with Crippen LogP contribution in [0, 0.1) is 5.92 Å². The van der Waals surface area contributed by atoms with Crippen LogP contribution in [0.25, 0.3) is 6.08 Å². The largest absolute Gasteiger partial charge is 0.438 e. The van der Waals surface area contributed by atoms with Crippen LogP contribution in [0.4, 0.5) is 26.3 Å². The van der Waals surface area contributed by atoms with Crippen molar-refractivity contribution in [2.24, 2.45) is 5.92 Å². The summed E-state index contributed by atoms with van der Waals surface area (Å²) >= 11 is 0. The lowest BCUT2D eigenvalue weighted by Crippen LogP contribution is -2.65. The minimum atomic E-state index is -6.46. The molecule has 8 nitrogen and oxygen atoms in total. The highest BCUT2D eigenvalue weighted by Gasteiger charge is 2.76. The minimum absolute atomic E-state index is 0.0368. The van der Waals surface area contributed by atoms with E-state index in [0.29, 0.717) is 29.0 Å². The van der Waals surface area contributed by atoms with E-state index in [4.69, 9.17) is 0 Å². The third-order valence-corrected chi connectivity index (χ3v) is 8.37. The topological polar surface area (TPSA) is 116 Å². The Morgan fingerprint density at radius 3 is 2.14 bits per heavy atom. The van der Waals surface area contributed by atoms with E-state index in [1.807, 2.05) is 0 Å². The molecule has 0 unspecified atom stereocenters. The van der Waals surface area contributed by atoms with Gasteiger partial charge in [-0.3, -0.25) is 8.98 Å². The summed E-state index contributed by atoms with van der Waals surface area (Å²) in [6.45, 7) is 2.68. The molecule has 16 heteroatoms. The highest BCUT2D eigenvalue weighted by molar-refractivity contribution is 8.02. The summed E-state index contributed by atoms with van der Waals surface area (Å²) in [5, 5.41) is 0. The Kier molecular flexibility index (Phi) is 9.24. The quantitative estimate of drug-likeness (QED) is 0.336. The van der Waals surface area contributed by atoms with Gasteiger partial charge in [0, 0.05) is 0 Å². The molecule has 1 N–H and O–H groups in total. The lowest BCUT2D eigenvalue weighted by atomic mass is 9.89. The van der Waals surface area contributed by atoms with E-state index in [9.17, 15) is 48.0 Å². The molecular formula is C20H23F6NO7S2. The number of rotatable bonds is 10. The van der Waals surface area contributed by atoms with Crippen LogP contribution in [0.2, 0.25) is 0 Å². The highest BCUT2D eigenvalue weighted by atomic mass is 32.3. The van der Waals surface area contributed by atoms with Gasteiger partial charge in [0.1, 0.15) is 5.75 Å². The summed E-state index contributed by atoms with van der Waals surface area (Å²) in [6.07, 6.45) is -10.3. The second-order valence-corrected chi connectivity index (χ2v) is 11.4. The standard InChI is InChI=1S/C20H23F6NO7S2/c1-2-14-7-6-8-15(11-14)12-33-36(31,32)27-35(29,30)13-18(19(21,22)23,20(24,25)26)34-17(28)16-9-4-3-5-10-16/h2,6-8,11,16,27H,1,3-5,9-10,12-13H2. The number of halogens is 6. The Morgan fingerprint density at radius 2 is 1.61 bits per heavy atom. The van der Waals surface area contributed by atoms with Crippen molar-refractivity contribution in [1.82, 2.24) is 4.13 Å². The van der Waals surface area contributed by atoms with Gasteiger partial charge in [-0.05, 0) is 30.0 Å². The van der Waals surface area contributed by atoms with Gasteiger partial charge >= 0.3 is 34.2 Å². The third kappa shape index (κ3) is 7.66. The van der Waals surface area contributed by atoms with Crippen LogP contribution in [0.15, 0.2) is 30.8 Å². The molecule has 0 bridgehead atoms. The average Bonchev–Trinajstić information content (AvgIpc) is 2.75. The van der Waals surface area contributed by atoms with Crippen molar-refractivity contribution in [1.29, 1.82) is 0 Å². The van der Waals surface area contributed by atoms with Crippen LogP contribution in [0.3, 0.4) is 0 Å². The number of sulfonamides is 1. The number of carbonyl (C=O) groups is 1. The molecule has 0 spiro atoms. The Hall–Kier alpha value is -2.17. The second kappa shape index (κ2) is 11.1. The summed E-state index contributed by atoms with van der Waals surface area (Å²) in [5.41, 5.74) is -4.82. The van der Waals surface area contributed by atoms with Gasteiger partial charge < -0.3 is 4.74 Å². The molecule has 0 atom stereocenters. The van der Waals surface area contributed by atoms with Gasteiger partial charge in [0.25, 0.3) is 0 Å². The van der Waals surface area contributed by atoms with Gasteiger partial charge in [-0.25, -0.2) is 8.42 Å². The van der Waals surface area contributed by atoms with Crippen molar-refractivity contribution in [2.75, 3.05) is 5.75 Å². The van der Waals surface area contributed by atoms with E-state index in [-0.39, 0.29) is 18.4 Å². The molecule has 1 aromatic carbocycles. The second-order valence-electron chi connectivity index (χ2n) is 8.09. The molecular weight excluding hydrogens is 544 g/mol. The molecule has 1 aliphatic carbocycles. The van der Waals surface area contributed by atoms with Crippen LogP contribution in [-0.4, -0.2) is 46.5 Å². The summed E-state index contributed by atoms with van der Waals surface area (Å²) in [5.74, 6) is -6.15. The summed E-state index contributed by atoms with van der Waals surface area (Å²) in [6, 6.07) is 5.80. The summed E-state index contributed by atoms with van der Waals surface area (Å²) in [7, 11) is -11.4. The van der Waals surface area contributed by atoms with Gasteiger partial charge in [-0.15, -0.1) is 0 Å². The van der Waals surface area contributed by atoms with Crippen LogP contribution >= 0.6 is 0 Å². The first kappa shape index (κ1) is 30.1. The Balaban J connectivity index is 2.29. The van der Waals surface area contributed by atoms with Gasteiger partial charge in [-0.1, -0.05) is 54.2 Å². The lowest BCUT2D eigenvalue weighted by molar-refractivity contribution is -0.362. The van der Waals surface area contributed by atoms with Crippen molar-refractivity contribution in [3.05, 3.63) is 42.0 Å². The van der Waals surface area contributed by atoms with E-state index >= 15 is 0 Å². The molecule has 1 aromatic rings. The van der Waals surface area contributed by atoms with Crippen molar-refractivity contribution in [3.8, 4) is 0 Å². The van der Waals surface area contributed by atoms with Crippen molar-refractivity contribution in [3.63, 3.8) is 0 Å². The molecule has 0 radical (unpaired) electrons. The van der Waals surface area contributed by atoms with E-state index < -0.39 is 62.5 Å². The Labute approximate surface area is 204 Å². The number of nitrogens with one attached hydrogen (secondary N) is 1. The third-order valence-electron chi connectivity index (χ3n) is 5.32. The van der Waals surface area contributed by atoms with Crippen LogP contribution in [-0.2, 0) is 40.6 Å². The van der Waals surface area contributed by atoms with Crippen LogP contribution < -0.4 is 4.13 Å². The van der Waals surface area contributed by atoms with Gasteiger partial charge in [-0.2, -0.15) is 34.8 Å². The molecule has 0 aromatic heterocycles. The fourth-order valence-corrected chi connectivity index (χ4v) is 6.38. The maximum absolute atomic E-state index is 13.7. The van der Waals surface area contributed by atoms with E-state index in [2.05, 4.69) is 15.5 Å². The minimum Gasteiger partial charge on any atom is -0.438 e. The number of hydrogen-bond acceptors (Lipinski definition) is 7. The van der Waals surface area contributed by atoms with E-state index in [0.717, 1.165) is 0 Å². The van der Waals surface area contributed by atoms with Crippen molar-refractivity contribution in [2.45, 2.75) is 56.7 Å². The molecule has 36 heavy (non-hydrogen) atoms. The van der Waals surface area contributed by atoms with Crippen LogP contribution in [0.5, 0.6) is 0 Å². The first-order valence-electron chi connectivity index (χ1n) is 10.4. The molecule has 0 saturated heterocycles. The molecule has 0 amide bonds. The number of carbonyl (C=O) groups excluding carboxylic acids is 1.